The molecule has 0 aliphatic rings. The zero-order chi connectivity index (χ0) is 17.6. The van der Waals surface area contributed by atoms with Gasteiger partial charge in [-0.05, 0) is 12.5 Å². The van der Waals surface area contributed by atoms with Crippen molar-refractivity contribution in [2.45, 2.75) is 25.6 Å². The molecule has 0 saturated carbocycles. The molecular formula is C17H21N7O. The Hall–Kier alpha value is -3.16. The number of amides is 2. The molecule has 0 spiro atoms. The number of aromatic nitrogens is 5. The molecule has 8 heteroatoms. The number of nitrogens with zero attached hydrogens (tertiary/aromatic N) is 5. The summed E-state index contributed by atoms with van der Waals surface area (Å²) < 4.78 is 3.41. The second-order valence-corrected chi connectivity index (χ2v) is 5.87. The van der Waals surface area contributed by atoms with Crippen LogP contribution < -0.4 is 10.6 Å². The SMILES string of the molecule is C[C@@H](NC(=O)N[C@H](Cn1cncn1)c1ccccc1)c1cnn(C)c1. The summed E-state index contributed by atoms with van der Waals surface area (Å²) in [6.07, 6.45) is 6.74. The zero-order valence-electron chi connectivity index (χ0n) is 14.2. The van der Waals surface area contributed by atoms with Crippen molar-refractivity contribution in [2.24, 2.45) is 7.05 Å². The van der Waals surface area contributed by atoms with Crippen LogP contribution in [0.5, 0.6) is 0 Å². The van der Waals surface area contributed by atoms with Gasteiger partial charge in [0.2, 0.25) is 0 Å². The van der Waals surface area contributed by atoms with E-state index in [-0.39, 0.29) is 18.1 Å². The van der Waals surface area contributed by atoms with E-state index in [1.807, 2.05) is 50.5 Å². The van der Waals surface area contributed by atoms with E-state index in [9.17, 15) is 4.79 Å². The van der Waals surface area contributed by atoms with Crippen molar-refractivity contribution < 1.29 is 4.79 Å². The first-order valence-electron chi connectivity index (χ1n) is 8.05. The number of benzene rings is 1. The van der Waals surface area contributed by atoms with E-state index in [2.05, 4.69) is 25.8 Å². The first-order chi connectivity index (χ1) is 12.1. The van der Waals surface area contributed by atoms with E-state index in [0.29, 0.717) is 6.54 Å². The van der Waals surface area contributed by atoms with E-state index in [0.717, 1.165) is 11.1 Å². The molecule has 0 radical (unpaired) electrons. The molecule has 2 aromatic heterocycles. The monoisotopic (exact) mass is 339 g/mol. The van der Waals surface area contributed by atoms with Crippen LogP contribution in [0.4, 0.5) is 4.79 Å². The lowest BCUT2D eigenvalue weighted by Crippen LogP contribution is -2.40. The van der Waals surface area contributed by atoms with Crippen LogP contribution in [0.2, 0.25) is 0 Å². The lowest BCUT2D eigenvalue weighted by atomic mass is 10.1. The molecule has 2 N–H and O–H groups in total. The van der Waals surface area contributed by atoms with Crippen LogP contribution in [0, 0.1) is 0 Å². The van der Waals surface area contributed by atoms with Gasteiger partial charge in [0.25, 0.3) is 0 Å². The van der Waals surface area contributed by atoms with Crippen LogP contribution in [-0.2, 0) is 13.6 Å². The second kappa shape index (κ2) is 7.61. The minimum absolute atomic E-state index is 0.142. The minimum Gasteiger partial charge on any atom is -0.332 e. The quantitative estimate of drug-likeness (QED) is 0.717. The lowest BCUT2D eigenvalue weighted by molar-refractivity contribution is 0.232. The Morgan fingerprint density at radius 3 is 2.60 bits per heavy atom. The van der Waals surface area contributed by atoms with Gasteiger partial charge in [-0.15, -0.1) is 0 Å². The first kappa shape index (κ1) is 16.7. The Morgan fingerprint density at radius 2 is 1.96 bits per heavy atom. The number of carbonyl (C=O) groups excluding carboxylic acids is 1. The molecule has 2 amide bonds. The number of nitrogens with one attached hydrogen (secondary N) is 2. The van der Waals surface area contributed by atoms with E-state index in [1.165, 1.54) is 6.33 Å². The smallest absolute Gasteiger partial charge is 0.315 e. The molecular weight excluding hydrogens is 318 g/mol. The topological polar surface area (TPSA) is 89.7 Å². The normalized spacial score (nSPS) is 13.2. The summed E-state index contributed by atoms with van der Waals surface area (Å²) in [5, 5.41) is 14.2. The van der Waals surface area contributed by atoms with E-state index in [4.69, 9.17) is 0 Å². The highest BCUT2D eigenvalue weighted by molar-refractivity contribution is 5.75. The number of hydrogen-bond donors (Lipinski definition) is 2. The van der Waals surface area contributed by atoms with Gasteiger partial charge in [0, 0.05) is 18.8 Å². The van der Waals surface area contributed by atoms with Gasteiger partial charge in [-0.1, -0.05) is 30.3 Å². The maximum Gasteiger partial charge on any atom is 0.315 e. The van der Waals surface area contributed by atoms with Gasteiger partial charge in [0.1, 0.15) is 12.7 Å². The summed E-state index contributed by atoms with van der Waals surface area (Å²) in [5.74, 6) is 0. The summed E-state index contributed by atoms with van der Waals surface area (Å²) in [6, 6.07) is 9.19. The third-order valence-corrected chi connectivity index (χ3v) is 3.92. The van der Waals surface area contributed by atoms with Gasteiger partial charge < -0.3 is 10.6 Å². The van der Waals surface area contributed by atoms with E-state index >= 15 is 0 Å². The highest BCUT2D eigenvalue weighted by Crippen LogP contribution is 2.15. The largest absolute Gasteiger partial charge is 0.332 e. The Morgan fingerprint density at radius 1 is 1.16 bits per heavy atom. The van der Waals surface area contributed by atoms with Crippen molar-refractivity contribution in [3.63, 3.8) is 0 Å². The molecule has 0 aliphatic heterocycles. The zero-order valence-corrected chi connectivity index (χ0v) is 14.2. The van der Waals surface area contributed by atoms with Crippen molar-refractivity contribution in [3.8, 4) is 0 Å². The summed E-state index contributed by atoms with van der Waals surface area (Å²) in [7, 11) is 1.85. The fourth-order valence-electron chi connectivity index (χ4n) is 2.58. The van der Waals surface area contributed by atoms with Crippen LogP contribution in [0.3, 0.4) is 0 Å². The lowest BCUT2D eigenvalue weighted by Gasteiger charge is -2.21. The number of hydrogen-bond acceptors (Lipinski definition) is 4. The third kappa shape index (κ3) is 4.43. The van der Waals surface area contributed by atoms with Gasteiger partial charge in [-0.25, -0.2) is 9.78 Å². The van der Waals surface area contributed by atoms with Gasteiger partial charge in [0.05, 0.1) is 24.8 Å². The summed E-state index contributed by atoms with van der Waals surface area (Å²) >= 11 is 0. The van der Waals surface area contributed by atoms with Crippen molar-refractivity contribution in [1.29, 1.82) is 0 Å². The molecule has 0 unspecified atom stereocenters. The predicted molar refractivity (Wildman–Crippen MR) is 92.5 cm³/mol. The molecule has 3 rings (SSSR count). The summed E-state index contributed by atoms with van der Waals surface area (Å²) in [6.45, 7) is 2.42. The average molecular weight is 339 g/mol. The highest BCUT2D eigenvalue weighted by atomic mass is 16.2. The molecule has 0 fully saturated rings. The van der Waals surface area contributed by atoms with Crippen LogP contribution in [0.25, 0.3) is 0 Å². The predicted octanol–water partition coefficient (Wildman–Crippen LogP) is 1.81. The minimum atomic E-state index is -0.245. The molecule has 130 valence electrons. The molecule has 25 heavy (non-hydrogen) atoms. The van der Waals surface area contributed by atoms with E-state index < -0.39 is 0 Å². The fourth-order valence-corrected chi connectivity index (χ4v) is 2.58. The number of rotatable bonds is 6. The Bertz CT molecular complexity index is 798. The Balaban J connectivity index is 1.67. The molecule has 2 heterocycles. The molecule has 0 saturated heterocycles. The molecule has 0 bridgehead atoms. The maximum absolute atomic E-state index is 12.5. The third-order valence-electron chi connectivity index (χ3n) is 3.92. The van der Waals surface area contributed by atoms with Crippen molar-refractivity contribution in [3.05, 3.63) is 66.5 Å². The molecule has 1 aromatic carbocycles. The highest BCUT2D eigenvalue weighted by Gasteiger charge is 2.17. The second-order valence-electron chi connectivity index (χ2n) is 5.87. The van der Waals surface area contributed by atoms with Crippen molar-refractivity contribution in [1.82, 2.24) is 35.2 Å². The number of urea groups is 1. The van der Waals surface area contributed by atoms with Crippen molar-refractivity contribution in [2.75, 3.05) is 0 Å². The van der Waals surface area contributed by atoms with Gasteiger partial charge in [-0.2, -0.15) is 10.2 Å². The summed E-state index contributed by atoms with van der Waals surface area (Å²) in [5.41, 5.74) is 1.95. The van der Waals surface area contributed by atoms with Gasteiger partial charge in [0.15, 0.2) is 0 Å². The van der Waals surface area contributed by atoms with Crippen LogP contribution in [0.1, 0.15) is 30.1 Å². The van der Waals surface area contributed by atoms with Crippen LogP contribution in [-0.4, -0.2) is 30.6 Å². The molecule has 0 aliphatic carbocycles. The average Bonchev–Trinajstić information content (AvgIpc) is 3.26. The standard InChI is InChI=1S/C17H21N7O/c1-13(15-8-19-23(2)9-15)21-17(25)22-16(10-24-12-18-11-20-24)14-6-4-3-5-7-14/h3-9,11-13,16H,10H2,1-2H3,(H2,21,22,25)/t13-,16-/m1/s1. The molecule has 2 atom stereocenters. The number of carbonyl (C=O) groups is 1. The van der Waals surface area contributed by atoms with Crippen LogP contribution >= 0.6 is 0 Å². The Labute approximate surface area is 145 Å². The number of aryl methyl sites for hydroxylation is 1. The molecule has 3 aromatic rings. The maximum atomic E-state index is 12.5. The molecule has 8 nitrogen and oxygen atoms in total. The fraction of sp³-hybridized carbons (Fsp3) is 0.294. The first-order valence-corrected chi connectivity index (χ1v) is 8.05. The van der Waals surface area contributed by atoms with Gasteiger partial charge >= 0.3 is 6.03 Å². The van der Waals surface area contributed by atoms with Crippen LogP contribution in [0.15, 0.2) is 55.4 Å². The Kier molecular flexibility index (Phi) is 5.08. The van der Waals surface area contributed by atoms with Gasteiger partial charge in [-0.3, -0.25) is 9.36 Å². The van der Waals surface area contributed by atoms with E-state index in [1.54, 1.807) is 21.9 Å². The summed E-state index contributed by atoms with van der Waals surface area (Å²) in [4.78, 5) is 16.4. The van der Waals surface area contributed by atoms with Crippen molar-refractivity contribution >= 4 is 6.03 Å².